The molecule has 0 aliphatic heterocycles. The first-order valence-corrected chi connectivity index (χ1v) is 10.6. The highest BCUT2D eigenvalue weighted by atomic mass is 32.2. The zero-order valence-corrected chi connectivity index (χ0v) is 17.9. The molecule has 0 aliphatic rings. The maximum atomic E-state index is 13.1. The second-order valence-electron chi connectivity index (χ2n) is 7.19. The van der Waals surface area contributed by atoms with Gasteiger partial charge in [0.2, 0.25) is 5.91 Å². The summed E-state index contributed by atoms with van der Waals surface area (Å²) < 4.78 is 0. The number of carbonyl (C=O) groups is 1. The van der Waals surface area contributed by atoms with Crippen LogP contribution in [0.2, 0.25) is 0 Å². The first-order valence-electron chi connectivity index (χ1n) is 9.67. The molecule has 0 spiro atoms. The highest BCUT2D eigenvalue weighted by Gasteiger charge is 2.22. The van der Waals surface area contributed by atoms with Gasteiger partial charge in [-0.1, -0.05) is 50.7 Å². The van der Waals surface area contributed by atoms with E-state index in [4.69, 9.17) is 0 Å². The van der Waals surface area contributed by atoms with E-state index in [0.29, 0.717) is 17.0 Å². The highest BCUT2D eigenvalue weighted by molar-refractivity contribution is 8.00. The van der Waals surface area contributed by atoms with Crippen LogP contribution in [-0.2, 0) is 4.79 Å². The number of hydrogen-bond acceptors (Lipinski definition) is 5. The van der Waals surface area contributed by atoms with Crippen LogP contribution in [0.1, 0.15) is 50.1 Å². The predicted octanol–water partition coefficient (Wildman–Crippen LogP) is 5.44. The number of carbonyl (C=O) groups excluding carboxylic acids is 1. The number of aromatic nitrogens is 2. The molecule has 1 amide bonds. The number of nitriles is 1. The van der Waals surface area contributed by atoms with Crippen molar-refractivity contribution in [3.63, 3.8) is 0 Å². The van der Waals surface area contributed by atoms with Gasteiger partial charge in [0.1, 0.15) is 11.1 Å². The quantitative estimate of drug-likeness (QED) is 0.553. The average molecular weight is 405 g/mol. The van der Waals surface area contributed by atoms with E-state index in [0.717, 1.165) is 28.0 Å². The van der Waals surface area contributed by atoms with E-state index < -0.39 is 0 Å². The second-order valence-corrected chi connectivity index (χ2v) is 8.38. The summed E-state index contributed by atoms with van der Waals surface area (Å²) in [5, 5.41) is 13.7. The second kappa shape index (κ2) is 9.06. The number of para-hydroxylation sites is 1. The average Bonchev–Trinajstić information content (AvgIpc) is 2.71. The lowest BCUT2D eigenvalue weighted by Gasteiger charge is -2.17. The van der Waals surface area contributed by atoms with Gasteiger partial charge in [-0.25, -0.2) is 4.98 Å². The number of benzene rings is 1. The van der Waals surface area contributed by atoms with Crippen LogP contribution in [0.15, 0.2) is 47.5 Å². The van der Waals surface area contributed by atoms with Crippen LogP contribution in [0.5, 0.6) is 0 Å². The molecule has 0 saturated carbocycles. The fraction of sp³-hybridized carbons (Fsp3) is 0.304. The molecule has 1 aromatic carbocycles. The zero-order valence-electron chi connectivity index (χ0n) is 17.1. The van der Waals surface area contributed by atoms with E-state index in [2.05, 4.69) is 35.2 Å². The number of amides is 1. The first kappa shape index (κ1) is 20.8. The summed E-state index contributed by atoms with van der Waals surface area (Å²) in [6.45, 7) is 7.99. The largest absolute Gasteiger partial charge is 0.324 e. The van der Waals surface area contributed by atoms with Gasteiger partial charge in [0.15, 0.2) is 0 Å². The van der Waals surface area contributed by atoms with Crippen molar-refractivity contribution in [2.75, 3.05) is 5.32 Å². The van der Waals surface area contributed by atoms with Crippen molar-refractivity contribution in [3.8, 4) is 6.07 Å². The molecule has 3 rings (SSSR count). The van der Waals surface area contributed by atoms with E-state index in [1.54, 1.807) is 6.07 Å². The molecule has 148 valence electrons. The number of nitrogens with one attached hydrogen (secondary N) is 1. The minimum absolute atomic E-state index is 0.103. The number of anilines is 1. The summed E-state index contributed by atoms with van der Waals surface area (Å²) in [5.74, 6) is 0.149. The Morgan fingerprint density at radius 2 is 1.97 bits per heavy atom. The Morgan fingerprint density at radius 3 is 2.66 bits per heavy atom. The molecule has 3 aromatic rings. The zero-order chi connectivity index (χ0) is 21.0. The summed E-state index contributed by atoms with van der Waals surface area (Å²) in [6, 6.07) is 15.5. The van der Waals surface area contributed by atoms with Gasteiger partial charge < -0.3 is 5.32 Å². The topological polar surface area (TPSA) is 78.7 Å². The lowest BCUT2D eigenvalue weighted by molar-refractivity contribution is -0.115. The fourth-order valence-corrected chi connectivity index (χ4v) is 4.03. The normalized spacial score (nSPS) is 12.0. The number of hydrogen-bond donors (Lipinski definition) is 1. The third-order valence-electron chi connectivity index (χ3n) is 4.61. The van der Waals surface area contributed by atoms with Gasteiger partial charge in [-0.15, -0.1) is 0 Å². The van der Waals surface area contributed by atoms with Crippen LogP contribution < -0.4 is 5.32 Å². The maximum Gasteiger partial charge on any atom is 0.237 e. The SMILES string of the molecule is CCC(Sc1nc(C(C)C)ccc1C#N)C(=O)Nc1cc(C)nc2ccccc12. The summed E-state index contributed by atoms with van der Waals surface area (Å²) in [5.41, 5.74) is 3.86. The predicted molar refractivity (Wildman–Crippen MR) is 118 cm³/mol. The number of rotatable bonds is 6. The van der Waals surface area contributed by atoms with Gasteiger partial charge in [-0.05, 0) is 43.5 Å². The Balaban J connectivity index is 1.88. The van der Waals surface area contributed by atoms with Crippen LogP contribution in [0.25, 0.3) is 10.9 Å². The number of thioether (sulfide) groups is 1. The Hall–Kier alpha value is -2.91. The van der Waals surface area contributed by atoms with Crippen molar-refractivity contribution in [1.29, 1.82) is 5.26 Å². The van der Waals surface area contributed by atoms with E-state index >= 15 is 0 Å². The molecule has 0 fully saturated rings. The minimum atomic E-state index is -0.357. The van der Waals surface area contributed by atoms with E-state index in [-0.39, 0.29) is 17.1 Å². The number of aryl methyl sites for hydroxylation is 1. The molecule has 0 radical (unpaired) electrons. The number of fused-ring (bicyclic) bond motifs is 1. The van der Waals surface area contributed by atoms with Crippen molar-refractivity contribution >= 4 is 34.3 Å². The highest BCUT2D eigenvalue weighted by Crippen LogP contribution is 2.30. The van der Waals surface area contributed by atoms with Crippen molar-refractivity contribution in [2.45, 2.75) is 50.3 Å². The van der Waals surface area contributed by atoms with E-state index in [1.165, 1.54) is 11.8 Å². The third kappa shape index (κ3) is 4.75. The monoisotopic (exact) mass is 404 g/mol. The number of pyridine rings is 2. The molecular weight excluding hydrogens is 380 g/mol. The van der Waals surface area contributed by atoms with Gasteiger partial charge >= 0.3 is 0 Å². The van der Waals surface area contributed by atoms with Crippen molar-refractivity contribution in [3.05, 3.63) is 59.4 Å². The lowest BCUT2D eigenvalue weighted by Crippen LogP contribution is -2.25. The molecule has 1 unspecified atom stereocenters. The third-order valence-corrected chi connectivity index (χ3v) is 5.98. The van der Waals surface area contributed by atoms with Gasteiger partial charge in [0.25, 0.3) is 0 Å². The maximum absolute atomic E-state index is 13.1. The fourth-order valence-electron chi connectivity index (χ4n) is 3.03. The molecular formula is C23H24N4OS. The van der Waals surface area contributed by atoms with Crippen molar-refractivity contribution < 1.29 is 4.79 Å². The lowest BCUT2D eigenvalue weighted by atomic mass is 10.1. The Labute approximate surface area is 175 Å². The standard InChI is InChI=1S/C23H24N4OS/c1-5-21(29-23-16(13-24)10-11-18(27-23)14(2)3)22(28)26-20-12-15(4)25-19-9-7-6-8-17(19)20/h6-12,14,21H,5H2,1-4H3,(H,25,26,28). The van der Waals surface area contributed by atoms with Gasteiger partial charge in [-0.2, -0.15) is 5.26 Å². The van der Waals surface area contributed by atoms with Crippen LogP contribution in [0, 0.1) is 18.3 Å². The Kier molecular flexibility index (Phi) is 6.50. The molecule has 0 aliphatic carbocycles. The summed E-state index contributed by atoms with van der Waals surface area (Å²) >= 11 is 1.35. The Bertz CT molecular complexity index is 1090. The molecule has 6 heteroatoms. The van der Waals surface area contributed by atoms with Crippen molar-refractivity contribution in [1.82, 2.24) is 9.97 Å². The molecule has 5 nitrogen and oxygen atoms in total. The summed E-state index contributed by atoms with van der Waals surface area (Å²) in [6.07, 6.45) is 0.622. The van der Waals surface area contributed by atoms with Crippen LogP contribution >= 0.6 is 11.8 Å². The molecule has 0 bridgehead atoms. The van der Waals surface area contributed by atoms with Crippen molar-refractivity contribution in [2.24, 2.45) is 0 Å². The van der Waals surface area contributed by atoms with Crippen LogP contribution in [-0.4, -0.2) is 21.1 Å². The molecule has 0 saturated heterocycles. The summed E-state index contributed by atoms with van der Waals surface area (Å²) in [4.78, 5) is 22.2. The smallest absolute Gasteiger partial charge is 0.237 e. The first-order chi connectivity index (χ1) is 13.9. The minimum Gasteiger partial charge on any atom is -0.324 e. The molecule has 2 aromatic heterocycles. The van der Waals surface area contributed by atoms with Crippen LogP contribution in [0.4, 0.5) is 5.69 Å². The molecule has 1 N–H and O–H groups in total. The molecule has 1 atom stereocenters. The summed E-state index contributed by atoms with van der Waals surface area (Å²) in [7, 11) is 0. The molecule has 29 heavy (non-hydrogen) atoms. The van der Waals surface area contributed by atoms with Gasteiger partial charge in [0, 0.05) is 16.8 Å². The van der Waals surface area contributed by atoms with E-state index in [1.807, 2.05) is 50.2 Å². The van der Waals surface area contributed by atoms with Gasteiger partial charge in [-0.3, -0.25) is 9.78 Å². The molecule has 2 heterocycles. The number of nitrogens with zero attached hydrogens (tertiary/aromatic N) is 3. The van der Waals surface area contributed by atoms with Gasteiger partial charge in [0.05, 0.1) is 22.0 Å². The van der Waals surface area contributed by atoms with Crippen LogP contribution in [0.3, 0.4) is 0 Å². The van der Waals surface area contributed by atoms with E-state index in [9.17, 15) is 10.1 Å². The Morgan fingerprint density at radius 1 is 1.21 bits per heavy atom.